The molecule has 0 unspecified atom stereocenters. The van der Waals surface area contributed by atoms with Gasteiger partial charge in [0.05, 0.1) is 6.42 Å². The standard InChI is InChI=1S/C6H10N2O3/c1-2-7-6(11)8-4-3-5(9)10/h2H,1,3-4H2,(H,9,10)(H2,7,8,11). The Morgan fingerprint density at radius 1 is 1.55 bits per heavy atom. The van der Waals surface area contributed by atoms with Crippen LogP contribution < -0.4 is 10.6 Å². The summed E-state index contributed by atoms with van der Waals surface area (Å²) in [6.07, 6.45) is 1.14. The van der Waals surface area contributed by atoms with E-state index in [0.29, 0.717) is 0 Å². The molecule has 0 aliphatic carbocycles. The zero-order chi connectivity index (χ0) is 8.69. The van der Waals surface area contributed by atoms with Crippen molar-refractivity contribution in [1.29, 1.82) is 0 Å². The topological polar surface area (TPSA) is 78.4 Å². The average molecular weight is 158 g/mol. The normalized spacial score (nSPS) is 8.36. The lowest BCUT2D eigenvalue weighted by atomic mass is 10.4. The molecule has 0 atom stereocenters. The minimum absolute atomic E-state index is 0.0788. The smallest absolute Gasteiger partial charge is 0.318 e. The molecule has 0 saturated heterocycles. The van der Waals surface area contributed by atoms with Gasteiger partial charge in [-0.1, -0.05) is 6.58 Å². The van der Waals surface area contributed by atoms with Gasteiger partial charge in [-0.3, -0.25) is 4.79 Å². The Hall–Kier alpha value is -1.52. The summed E-state index contributed by atoms with van der Waals surface area (Å²) in [6, 6.07) is -0.443. The van der Waals surface area contributed by atoms with Crippen molar-refractivity contribution in [1.82, 2.24) is 10.6 Å². The maximum absolute atomic E-state index is 10.5. The molecule has 0 aromatic rings. The SMILES string of the molecule is C=CNC(=O)NCCC(=O)O. The van der Waals surface area contributed by atoms with E-state index in [0.717, 1.165) is 0 Å². The Morgan fingerprint density at radius 3 is 2.64 bits per heavy atom. The number of nitrogens with one attached hydrogen (secondary N) is 2. The first-order valence-corrected chi connectivity index (χ1v) is 3.04. The molecular formula is C6H10N2O3. The molecule has 2 amide bonds. The van der Waals surface area contributed by atoms with Crippen LogP contribution >= 0.6 is 0 Å². The van der Waals surface area contributed by atoms with Crippen molar-refractivity contribution < 1.29 is 14.7 Å². The summed E-state index contributed by atoms with van der Waals surface area (Å²) in [5.41, 5.74) is 0. The van der Waals surface area contributed by atoms with Gasteiger partial charge in [0.15, 0.2) is 0 Å². The van der Waals surface area contributed by atoms with Crippen LogP contribution in [-0.2, 0) is 4.79 Å². The highest BCUT2D eigenvalue weighted by Crippen LogP contribution is 1.74. The summed E-state index contributed by atoms with van der Waals surface area (Å²) in [4.78, 5) is 20.5. The Balaban J connectivity index is 3.31. The minimum Gasteiger partial charge on any atom is -0.481 e. The second-order valence-corrected chi connectivity index (χ2v) is 1.75. The maximum Gasteiger partial charge on any atom is 0.318 e. The quantitative estimate of drug-likeness (QED) is 0.534. The van der Waals surface area contributed by atoms with Gasteiger partial charge in [-0.05, 0) is 6.20 Å². The number of rotatable bonds is 4. The van der Waals surface area contributed by atoms with Crippen molar-refractivity contribution >= 4 is 12.0 Å². The van der Waals surface area contributed by atoms with Gasteiger partial charge >= 0.3 is 12.0 Å². The Kier molecular flexibility index (Phi) is 4.55. The zero-order valence-corrected chi connectivity index (χ0v) is 5.96. The highest BCUT2D eigenvalue weighted by Gasteiger charge is 1.98. The summed E-state index contributed by atoms with van der Waals surface area (Å²) in [5.74, 6) is -0.941. The average Bonchev–Trinajstić information content (AvgIpc) is 1.87. The van der Waals surface area contributed by atoms with Gasteiger partial charge in [0.1, 0.15) is 0 Å². The monoisotopic (exact) mass is 158 g/mol. The van der Waals surface area contributed by atoms with Crippen LogP contribution in [0.25, 0.3) is 0 Å². The van der Waals surface area contributed by atoms with E-state index in [1.165, 1.54) is 6.20 Å². The Labute approximate surface area is 64.1 Å². The predicted molar refractivity (Wildman–Crippen MR) is 39.0 cm³/mol. The molecule has 0 heterocycles. The number of hydrogen-bond donors (Lipinski definition) is 3. The highest BCUT2D eigenvalue weighted by molar-refractivity contribution is 5.75. The summed E-state index contributed by atoms with van der Waals surface area (Å²) >= 11 is 0. The van der Waals surface area contributed by atoms with Gasteiger partial charge in [-0.25, -0.2) is 4.79 Å². The van der Waals surface area contributed by atoms with Crippen LogP contribution in [0.3, 0.4) is 0 Å². The molecule has 5 heteroatoms. The third-order valence-electron chi connectivity index (χ3n) is 0.858. The first kappa shape index (κ1) is 9.48. The van der Waals surface area contributed by atoms with E-state index in [1.54, 1.807) is 0 Å². The summed E-state index contributed by atoms with van der Waals surface area (Å²) in [6.45, 7) is 3.38. The van der Waals surface area contributed by atoms with Crippen LogP contribution in [0, 0.1) is 0 Å². The fourth-order valence-electron chi connectivity index (χ4n) is 0.427. The number of urea groups is 1. The number of aliphatic carboxylic acids is 1. The van der Waals surface area contributed by atoms with Crippen molar-refractivity contribution in [3.8, 4) is 0 Å². The number of amides is 2. The zero-order valence-electron chi connectivity index (χ0n) is 5.96. The number of carbonyl (C=O) groups is 2. The Morgan fingerprint density at radius 2 is 2.18 bits per heavy atom. The summed E-state index contributed by atoms with van der Waals surface area (Å²) in [5, 5.41) is 12.7. The molecule has 11 heavy (non-hydrogen) atoms. The van der Waals surface area contributed by atoms with E-state index in [4.69, 9.17) is 5.11 Å². The molecule has 0 saturated carbocycles. The third-order valence-corrected chi connectivity index (χ3v) is 0.858. The maximum atomic E-state index is 10.5. The third kappa shape index (κ3) is 6.36. The van der Waals surface area contributed by atoms with E-state index >= 15 is 0 Å². The number of carboxylic acid groups (broad SMARTS) is 1. The second-order valence-electron chi connectivity index (χ2n) is 1.75. The van der Waals surface area contributed by atoms with Crippen molar-refractivity contribution in [3.63, 3.8) is 0 Å². The molecule has 62 valence electrons. The Bertz CT molecular complexity index is 167. The molecule has 0 radical (unpaired) electrons. The summed E-state index contributed by atoms with van der Waals surface area (Å²) < 4.78 is 0. The molecule has 0 fully saturated rings. The summed E-state index contributed by atoms with van der Waals surface area (Å²) in [7, 11) is 0. The number of carbonyl (C=O) groups excluding carboxylic acids is 1. The fraction of sp³-hybridized carbons (Fsp3) is 0.333. The van der Waals surface area contributed by atoms with Crippen LogP contribution in [0.15, 0.2) is 12.8 Å². The highest BCUT2D eigenvalue weighted by atomic mass is 16.4. The first-order chi connectivity index (χ1) is 5.16. The van der Waals surface area contributed by atoms with Gasteiger partial charge in [-0.2, -0.15) is 0 Å². The van der Waals surface area contributed by atoms with Crippen LogP contribution in [0.2, 0.25) is 0 Å². The van der Waals surface area contributed by atoms with E-state index in [-0.39, 0.29) is 13.0 Å². The molecule has 0 aliphatic heterocycles. The van der Waals surface area contributed by atoms with Crippen LogP contribution in [0.1, 0.15) is 6.42 Å². The van der Waals surface area contributed by atoms with Crippen molar-refractivity contribution in [3.05, 3.63) is 12.8 Å². The molecule has 5 nitrogen and oxygen atoms in total. The molecule has 0 rings (SSSR count). The van der Waals surface area contributed by atoms with E-state index < -0.39 is 12.0 Å². The van der Waals surface area contributed by atoms with Gasteiger partial charge in [-0.15, -0.1) is 0 Å². The second kappa shape index (κ2) is 5.28. The van der Waals surface area contributed by atoms with Gasteiger partial charge in [0.2, 0.25) is 0 Å². The molecule has 0 bridgehead atoms. The lowest BCUT2D eigenvalue weighted by Gasteiger charge is -2.00. The largest absolute Gasteiger partial charge is 0.481 e. The molecule has 0 aliphatic rings. The predicted octanol–water partition coefficient (Wildman–Crippen LogP) is -0.0962. The van der Waals surface area contributed by atoms with Crippen molar-refractivity contribution in [2.75, 3.05) is 6.54 Å². The number of hydrogen-bond acceptors (Lipinski definition) is 2. The van der Waals surface area contributed by atoms with E-state index in [2.05, 4.69) is 17.2 Å². The minimum atomic E-state index is -0.941. The van der Waals surface area contributed by atoms with Crippen molar-refractivity contribution in [2.24, 2.45) is 0 Å². The molecule has 0 aromatic heterocycles. The molecule has 0 aromatic carbocycles. The first-order valence-electron chi connectivity index (χ1n) is 3.04. The van der Waals surface area contributed by atoms with Gasteiger partial charge < -0.3 is 15.7 Å². The molecule has 3 N–H and O–H groups in total. The van der Waals surface area contributed by atoms with Crippen LogP contribution in [0.5, 0.6) is 0 Å². The van der Waals surface area contributed by atoms with E-state index in [9.17, 15) is 9.59 Å². The van der Waals surface area contributed by atoms with Crippen LogP contribution in [0.4, 0.5) is 4.79 Å². The number of carboxylic acids is 1. The van der Waals surface area contributed by atoms with Gasteiger partial charge in [0.25, 0.3) is 0 Å². The fourth-order valence-corrected chi connectivity index (χ4v) is 0.427. The lowest BCUT2D eigenvalue weighted by molar-refractivity contribution is -0.136. The van der Waals surface area contributed by atoms with Crippen molar-refractivity contribution in [2.45, 2.75) is 6.42 Å². The van der Waals surface area contributed by atoms with Gasteiger partial charge in [0, 0.05) is 6.54 Å². The molecule has 0 spiro atoms. The van der Waals surface area contributed by atoms with Crippen LogP contribution in [-0.4, -0.2) is 23.7 Å². The molecular weight excluding hydrogens is 148 g/mol. The lowest BCUT2D eigenvalue weighted by Crippen LogP contribution is -2.33. The van der Waals surface area contributed by atoms with E-state index in [1.807, 2.05) is 0 Å².